The second kappa shape index (κ2) is 9.34. The summed E-state index contributed by atoms with van der Waals surface area (Å²) in [6.45, 7) is 2.68. The van der Waals surface area contributed by atoms with Crippen LogP contribution in [0, 0.1) is 0 Å². The lowest BCUT2D eigenvalue weighted by atomic mass is 10.1. The van der Waals surface area contributed by atoms with Gasteiger partial charge in [0.25, 0.3) is 0 Å². The van der Waals surface area contributed by atoms with Gasteiger partial charge in [0, 0.05) is 0 Å². The van der Waals surface area contributed by atoms with Crippen molar-refractivity contribution in [3.8, 4) is 0 Å². The maximum Gasteiger partial charge on any atom is 0.242 e. The molecule has 0 aromatic heterocycles. The summed E-state index contributed by atoms with van der Waals surface area (Å²) in [5.74, 6) is 0.140. The van der Waals surface area contributed by atoms with Crippen molar-refractivity contribution in [2.75, 3.05) is 0 Å². The van der Waals surface area contributed by atoms with Gasteiger partial charge in [-0.2, -0.15) is 5.10 Å². The highest BCUT2D eigenvalue weighted by Crippen LogP contribution is 2.32. The smallest absolute Gasteiger partial charge is 0.242 e. The molecule has 0 radical (unpaired) electrons. The van der Waals surface area contributed by atoms with Crippen molar-refractivity contribution in [3.63, 3.8) is 0 Å². The first kappa shape index (κ1) is 18.4. The first-order valence-corrected chi connectivity index (χ1v) is 9.84. The number of amidine groups is 1. The molecule has 0 aliphatic carbocycles. The first-order chi connectivity index (χ1) is 12.8. The van der Waals surface area contributed by atoms with Gasteiger partial charge in [0.15, 0.2) is 5.17 Å². The number of thioether (sulfide) groups is 1. The number of hydrogen-bond acceptors (Lipinski definition) is 4. The third-order valence-corrected chi connectivity index (χ3v) is 5.41. The van der Waals surface area contributed by atoms with E-state index < -0.39 is 0 Å². The van der Waals surface area contributed by atoms with E-state index in [1.807, 2.05) is 60.7 Å². The molecule has 4 nitrogen and oxygen atoms in total. The number of carbonyl (C=O) groups is 1. The maximum atomic E-state index is 12.8. The summed E-state index contributed by atoms with van der Waals surface area (Å²) in [6.07, 6.45) is 4.73. The SMILES string of the molecule is CCCCC1S/C(=N\N=C\c2ccccc2)N(Cc2ccccc2)C1=O. The van der Waals surface area contributed by atoms with Crippen LogP contribution < -0.4 is 0 Å². The van der Waals surface area contributed by atoms with Crippen LogP contribution in [0.2, 0.25) is 0 Å². The Labute approximate surface area is 159 Å². The van der Waals surface area contributed by atoms with E-state index in [4.69, 9.17) is 0 Å². The molecule has 5 heteroatoms. The zero-order valence-electron chi connectivity index (χ0n) is 14.9. The summed E-state index contributed by atoms with van der Waals surface area (Å²) >= 11 is 1.53. The normalized spacial score (nSPS) is 19.0. The van der Waals surface area contributed by atoms with E-state index in [1.54, 1.807) is 11.1 Å². The Hall–Kier alpha value is -2.40. The molecule has 1 saturated heterocycles. The van der Waals surface area contributed by atoms with E-state index in [1.165, 1.54) is 11.8 Å². The van der Waals surface area contributed by atoms with Crippen molar-refractivity contribution < 1.29 is 4.79 Å². The number of nitrogens with zero attached hydrogens (tertiary/aromatic N) is 3. The zero-order valence-corrected chi connectivity index (χ0v) is 15.7. The van der Waals surface area contributed by atoms with Gasteiger partial charge in [-0.1, -0.05) is 92.2 Å². The minimum atomic E-state index is -0.0515. The van der Waals surface area contributed by atoms with Gasteiger partial charge in [-0.25, -0.2) is 0 Å². The highest BCUT2D eigenvalue weighted by atomic mass is 32.2. The summed E-state index contributed by atoms with van der Waals surface area (Å²) in [5, 5.41) is 9.21. The number of hydrogen-bond donors (Lipinski definition) is 0. The average Bonchev–Trinajstić information content (AvgIpc) is 2.97. The van der Waals surface area contributed by atoms with Crippen molar-refractivity contribution in [2.24, 2.45) is 10.2 Å². The Kier molecular flexibility index (Phi) is 6.61. The molecule has 134 valence electrons. The van der Waals surface area contributed by atoms with Gasteiger partial charge in [-0.3, -0.25) is 9.69 Å². The summed E-state index contributed by atoms with van der Waals surface area (Å²) in [7, 11) is 0. The monoisotopic (exact) mass is 365 g/mol. The molecule has 0 bridgehead atoms. The number of unbranched alkanes of at least 4 members (excludes halogenated alkanes) is 1. The zero-order chi connectivity index (χ0) is 18.2. The van der Waals surface area contributed by atoms with Gasteiger partial charge in [-0.05, 0) is 17.5 Å². The van der Waals surface area contributed by atoms with Gasteiger partial charge in [0.1, 0.15) is 0 Å². The fraction of sp³-hybridized carbons (Fsp3) is 0.286. The Balaban J connectivity index is 1.78. The molecule has 26 heavy (non-hydrogen) atoms. The minimum absolute atomic E-state index is 0.0515. The van der Waals surface area contributed by atoms with Gasteiger partial charge in [0.05, 0.1) is 18.0 Å². The number of benzene rings is 2. The molecule has 1 heterocycles. The van der Waals surface area contributed by atoms with E-state index in [2.05, 4.69) is 17.1 Å². The second-order valence-corrected chi connectivity index (χ2v) is 7.37. The maximum absolute atomic E-state index is 12.8. The minimum Gasteiger partial charge on any atom is -0.284 e. The molecule has 2 aromatic carbocycles. The molecule has 1 amide bonds. The third-order valence-electron chi connectivity index (χ3n) is 4.17. The molecule has 3 rings (SSSR count). The molecule has 1 aliphatic rings. The highest BCUT2D eigenvalue weighted by Gasteiger charge is 2.37. The molecule has 1 aliphatic heterocycles. The fourth-order valence-corrected chi connectivity index (χ4v) is 3.90. The summed E-state index contributed by atoms with van der Waals surface area (Å²) in [5.41, 5.74) is 2.08. The molecule has 2 aromatic rings. The van der Waals surface area contributed by atoms with Crippen LogP contribution in [-0.2, 0) is 11.3 Å². The standard InChI is InChI=1S/C21H23N3OS/c1-2-3-14-19-20(25)24(16-18-12-8-5-9-13-18)21(26-19)23-22-15-17-10-6-4-7-11-17/h4-13,15,19H,2-3,14,16H2,1H3/b22-15+,23-21-. The highest BCUT2D eigenvalue weighted by molar-refractivity contribution is 8.15. The predicted molar refractivity (Wildman–Crippen MR) is 109 cm³/mol. The van der Waals surface area contributed by atoms with Crippen LogP contribution in [0.4, 0.5) is 0 Å². The quantitative estimate of drug-likeness (QED) is 0.527. The molecular weight excluding hydrogens is 342 g/mol. The van der Waals surface area contributed by atoms with Crippen molar-refractivity contribution in [2.45, 2.75) is 38.0 Å². The van der Waals surface area contributed by atoms with E-state index in [0.29, 0.717) is 11.7 Å². The lowest BCUT2D eigenvalue weighted by Crippen LogP contribution is -2.31. The van der Waals surface area contributed by atoms with Gasteiger partial charge in [-0.15, -0.1) is 5.10 Å². The molecule has 0 N–H and O–H groups in total. The summed E-state index contributed by atoms with van der Waals surface area (Å²) in [6, 6.07) is 19.9. The van der Waals surface area contributed by atoms with E-state index in [0.717, 1.165) is 30.4 Å². The van der Waals surface area contributed by atoms with Crippen LogP contribution in [0.1, 0.15) is 37.3 Å². The Morgan fingerprint density at radius 2 is 1.77 bits per heavy atom. The molecule has 0 spiro atoms. The number of amides is 1. The van der Waals surface area contributed by atoms with Gasteiger partial charge < -0.3 is 0 Å². The first-order valence-electron chi connectivity index (χ1n) is 8.96. The number of rotatable bonds is 7. The summed E-state index contributed by atoms with van der Waals surface area (Å²) < 4.78 is 0. The molecule has 1 atom stereocenters. The van der Waals surface area contributed by atoms with Gasteiger partial charge in [0.2, 0.25) is 5.91 Å². The Morgan fingerprint density at radius 3 is 2.46 bits per heavy atom. The largest absolute Gasteiger partial charge is 0.284 e. The Morgan fingerprint density at radius 1 is 1.08 bits per heavy atom. The lowest BCUT2D eigenvalue weighted by Gasteiger charge is -2.15. The summed E-state index contributed by atoms with van der Waals surface area (Å²) in [4.78, 5) is 14.6. The van der Waals surface area contributed by atoms with E-state index >= 15 is 0 Å². The van der Waals surface area contributed by atoms with E-state index in [9.17, 15) is 4.79 Å². The van der Waals surface area contributed by atoms with Crippen LogP contribution in [-0.4, -0.2) is 27.4 Å². The Bertz CT molecular complexity index is 774. The second-order valence-electron chi connectivity index (χ2n) is 6.20. The fourth-order valence-electron chi connectivity index (χ4n) is 2.75. The van der Waals surface area contributed by atoms with Crippen LogP contribution in [0.5, 0.6) is 0 Å². The van der Waals surface area contributed by atoms with Crippen LogP contribution >= 0.6 is 11.8 Å². The van der Waals surface area contributed by atoms with E-state index in [-0.39, 0.29) is 11.2 Å². The molecule has 1 fully saturated rings. The van der Waals surface area contributed by atoms with Gasteiger partial charge >= 0.3 is 0 Å². The molecule has 1 unspecified atom stereocenters. The molecule has 0 saturated carbocycles. The lowest BCUT2D eigenvalue weighted by molar-refractivity contribution is -0.126. The average molecular weight is 366 g/mol. The predicted octanol–water partition coefficient (Wildman–Crippen LogP) is 4.71. The van der Waals surface area contributed by atoms with Crippen LogP contribution in [0.3, 0.4) is 0 Å². The van der Waals surface area contributed by atoms with Crippen molar-refractivity contribution >= 4 is 29.1 Å². The molecular formula is C21H23N3OS. The van der Waals surface area contributed by atoms with Crippen molar-refractivity contribution in [3.05, 3.63) is 71.8 Å². The van der Waals surface area contributed by atoms with Crippen LogP contribution in [0.25, 0.3) is 0 Å². The van der Waals surface area contributed by atoms with Crippen molar-refractivity contribution in [1.29, 1.82) is 0 Å². The topological polar surface area (TPSA) is 45.0 Å². The van der Waals surface area contributed by atoms with Crippen LogP contribution in [0.15, 0.2) is 70.9 Å². The van der Waals surface area contributed by atoms with Crippen molar-refractivity contribution in [1.82, 2.24) is 4.90 Å². The third kappa shape index (κ3) is 4.82. The number of carbonyl (C=O) groups excluding carboxylic acids is 1.